The van der Waals surface area contributed by atoms with Crippen LogP contribution in [-0.2, 0) is 32.7 Å². The zero-order valence-corrected chi connectivity index (χ0v) is 27.4. The van der Waals surface area contributed by atoms with Crippen molar-refractivity contribution in [2.45, 2.75) is 161 Å². The van der Waals surface area contributed by atoms with Gasteiger partial charge in [0, 0.05) is 12.8 Å². The number of aliphatic hydroxyl groups is 2. The number of carbonyl (C=O) groups is 2. The number of hydrogen-bond donors (Lipinski definition) is 3. The summed E-state index contributed by atoms with van der Waals surface area (Å²) in [4.78, 5) is 33.7. The molecule has 3 N–H and O–H groups in total. The molecule has 0 saturated carbocycles. The average molecular weight is 625 g/mol. The summed E-state index contributed by atoms with van der Waals surface area (Å²) in [6.07, 6.45) is 20.4. The smallest absolute Gasteiger partial charge is 0.457 e. The van der Waals surface area contributed by atoms with E-state index in [1.165, 1.54) is 77.0 Å². The molecule has 3 atom stereocenters. The number of aliphatic hydroxyl groups excluding tert-OH is 2. The Morgan fingerprint density at radius 3 is 1.17 bits per heavy atom. The van der Waals surface area contributed by atoms with E-state index in [4.69, 9.17) is 18.5 Å². The zero-order valence-electron chi connectivity index (χ0n) is 26.5. The van der Waals surface area contributed by atoms with Crippen LogP contribution >= 0.6 is 7.82 Å². The van der Waals surface area contributed by atoms with Gasteiger partial charge >= 0.3 is 19.8 Å². The molecule has 0 saturated heterocycles. The molecule has 0 bridgehead atoms. The largest absolute Gasteiger partial charge is 0.472 e. The lowest BCUT2D eigenvalue weighted by Crippen LogP contribution is -2.28. The Morgan fingerprint density at radius 2 is 0.833 bits per heavy atom. The van der Waals surface area contributed by atoms with E-state index in [-0.39, 0.29) is 12.8 Å². The second-order valence-corrected chi connectivity index (χ2v) is 12.6. The molecule has 3 unspecified atom stereocenters. The minimum Gasteiger partial charge on any atom is -0.457 e. The lowest BCUT2D eigenvalue weighted by atomic mass is 10.0. The van der Waals surface area contributed by atoms with E-state index in [2.05, 4.69) is 6.92 Å². The van der Waals surface area contributed by atoms with Crippen molar-refractivity contribution in [3.8, 4) is 0 Å². The summed E-state index contributed by atoms with van der Waals surface area (Å²) in [5, 5.41) is 18.8. The summed E-state index contributed by atoms with van der Waals surface area (Å²) in [6.45, 7) is 1.98. The van der Waals surface area contributed by atoms with Gasteiger partial charge in [0.05, 0.1) is 26.4 Å². The van der Waals surface area contributed by atoms with Gasteiger partial charge in [-0.2, -0.15) is 0 Å². The summed E-state index contributed by atoms with van der Waals surface area (Å²) in [7, 11) is -4.60. The monoisotopic (exact) mass is 624 g/mol. The van der Waals surface area contributed by atoms with E-state index in [0.717, 1.165) is 32.1 Å². The molecule has 0 fully saturated rings. The Kier molecular flexibility index (Phi) is 28.0. The lowest BCUT2D eigenvalue weighted by Gasteiger charge is -2.20. The fraction of sp³-hybridized carbons (Fsp3) is 0.935. The third kappa shape index (κ3) is 26.6. The van der Waals surface area contributed by atoms with E-state index >= 15 is 0 Å². The standard InChI is InChI=1S/C31H61O10P/c1-3-5-7-8-9-10-11-12-13-14-15-16-17-18-19-21-23-31(35)41-29(25-33)27-39-42(36,37)38-26-28(24-32)40-30(34)22-20-6-4-2/h28-29,32-33H,3-27H2,1-2H3,(H,36,37). The highest BCUT2D eigenvalue weighted by Crippen LogP contribution is 2.43. The van der Waals surface area contributed by atoms with Gasteiger partial charge in [0.15, 0.2) is 0 Å². The summed E-state index contributed by atoms with van der Waals surface area (Å²) >= 11 is 0. The predicted octanol–water partition coefficient (Wildman–Crippen LogP) is 7.16. The Morgan fingerprint density at radius 1 is 0.548 bits per heavy atom. The van der Waals surface area contributed by atoms with Crippen molar-refractivity contribution in [3.63, 3.8) is 0 Å². The van der Waals surface area contributed by atoms with Crippen LogP contribution in [0.15, 0.2) is 0 Å². The fourth-order valence-electron chi connectivity index (χ4n) is 4.47. The molecule has 0 aromatic rings. The minimum atomic E-state index is -4.60. The van der Waals surface area contributed by atoms with Crippen molar-refractivity contribution < 1.29 is 47.8 Å². The maximum absolute atomic E-state index is 12.1. The van der Waals surface area contributed by atoms with E-state index < -0.39 is 58.4 Å². The van der Waals surface area contributed by atoms with Gasteiger partial charge in [0.2, 0.25) is 0 Å². The van der Waals surface area contributed by atoms with Crippen LogP contribution in [0.4, 0.5) is 0 Å². The molecular formula is C31H61O10P. The first kappa shape index (κ1) is 41.0. The van der Waals surface area contributed by atoms with Gasteiger partial charge < -0.3 is 24.6 Å². The van der Waals surface area contributed by atoms with Gasteiger partial charge in [-0.15, -0.1) is 0 Å². The number of phosphoric ester groups is 1. The first-order chi connectivity index (χ1) is 20.3. The topological polar surface area (TPSA) is 149 Å². The number of carbonyl (C=O) groups excluding carboxylic acids is 2. The molecule has 0 aromatic heterocycles. The van der Waals surface area contributed by atoms with Crippen molar-refractivity contribution in [2.75, 3.05) is 26.4 Å². The highest BCUT2D eigenvalue weighted by Gasteiger charge is 2.27. The number of ether oxygens (including phenoxy) is 2. The first-order valence-electron chi connectivity index (χ1n) is 16.5. The maximum atomic E-state index is 12.1. The van der Waals surface area contributed by atoms with Gasteiger partial charge in [-0.3, -0.25) is 18.6 Å². The molecule has 0 aromatic carbocycles. The van der Waals surface area contributed by atoms with Crippen LogP contribution in [-0.4, -0.2) is 65.7 Å². The molecule has 0 radical (unpaired) electrons. The molecule has 11 heteroatoms. The van der Waals surface area contributed by atoms with Crippen LogP contribution in [0.5, 0.6) is 0 Å². The molecule has 0 amide bonds. The van der Waals surface area contributed by atoms with Crippen LogP contribution in [0.3, 0.4) is 0 Å². The molecule has 0 spiro atoms. The summed E-state index contributed by atoms with van der Waals surface area (Å²) in [6, 6.07) is 0. The number of esters is 2. The van der Waals surface area contributed by atoms with Crippen molar-refractivity contribution >= 4 is 19.8 Å². The lowest BCUT2D eigenvalue weighted by molar-refractivity contribution is -0.153. The minimum absolute atomic E-state index is 0.181. The Hall–Kier alpha value is -1.03. The number of hydrogen-bond acceptors (Lipinski definition) is 9. The summed E-state index contributed by atoms with van der Waals surface area (Å²) < 4.78 is 32.0. The third-order valence-corrected chi connectivity index (χ3v) is 8.02. The Bertz CT molecular complexity index is 691. The van der Waals surface area contributed by atoms with Gasteiger partial charge in [0.1, 0.15) is 12.2 Å². The van der Waals surface area contributed by atoms with E-state index in [1.54, 1.807) is 0 Å². The van der Waals surface area contributed by atoms with Crippen molar-refractivity contribution in [3.05, 3.63) is 0 Å². The highest BCUT2D eigenvalue weighted by atomic mass is 31.2. The number of unbranched alkanes of at least 4 members (excludes halogenated alkanes) is 17. The van der Waals surface area contributed by atoms with Gasteiger partial charge in [-0.05, 0) is 12.8 Å². The molecular weight excluding hydrogens is 563 g/mol. The average Bonchev–Trinajstić information content (AvgIpc) is 2.97. The van der Waals surface area contributed by atoms with E-state index in [1.807, 2.05) is 6.92 Å². The van der Waals surface area contributed by atoms with Gasteiger partial charge in [-0.1, -0.05) is 123 Å². The van der Waals surface area contributed by atoms with Crippen molar-refractivity contribution in [1.29, 1.82) is 0 Å². The Labute approximate surface area is 254 Å². The molecule has 10 nitrogen and oxygen atoms in total. The molecule has 42 heavy (non-hydrogen) atoms. The van der Waals surface area contributed by atoms with E-state index in [9.17, 15) is 29.3 Å². The van der Waals surface area contributed by atoms with Crippen LogP contribution < -0.4 is 0 Å². The zero-order chi connectivity index (χ0) is 31.3. The normalized spacial score (nSPS) is 14.3. The maximum Gasteiger partial charge on any atom is 0.472 e. The molecule has 0 aliphatic rings. The van der Waals surface area contributed by atoms with Crippen molar-refractivity contribution in [2.24, 2.45) is 0 Å². The van der Waals surface area contributed by atoms with Crippen LogP contribution in [0.25, 0.3) is 0 Å². The van der Waals surface area contributed by atoms with Crippen LogP contribution in [0.1, 0.15) is 149 Å². The predicted molar refractivity (Wildman–Crippen MR) is 164 cm³/mol. The second kappa shape index (κ2) is 28.7. The third-order valence-electron chi connectivity index (χ3n) is 7.07. The molecule has 250 valence electrons. The SMILES string of the molecule is CCCCCCCCCCCCCCCCCCC(=O)OC(CO)COP(=O)(O)OCC(CO)OC(=O)CCCCC. The molecule has 0 rings (SSSR count). The quantitative estimate of drug-likeness (QED) is 0.0412. The van der Waals surface area contributed by atoms with Crippen LogP contribution in [0.2, 0.25) is 0 Å². The fourth-order valence-corrected chi connectivity index (χ4v) is 5.25. The Balaban J connectivity index is 3.88. The number of rotatable bonds is 31. The summed E-state index contributed by atoms with van der Waals surface area (Å²) in [5.41, 5.74) is 0. The highest BCUT2D eigenvalue weighted by molar-refractivity contribution is 7.47. The number of phosphoric acid groups is 1. The van der Waals surface area contributed by atoms with Crippen molar-refractivity contribution in [1.82, 2.24) is 0 Å². The van der Waals surface area contributed by atoms with Gasteiger partial charge in [-0.25, -0.2) is 4.57 Å². The summed E-state index contributed by atoms with van der Waals surface area (Å²) in [5.74, 6) is -1.04. The second-order valence-electron chi connectivity index (χ2n) is 11.2. The van der Waals surface area contributed by atoms with Gasteiger partial charge in [0.25, 0.3) is 0 Å². The van der Waals surface area contributed by atoms with E-state index in [0.29, 0.717) is 12.8 Å². The molecule has 0 aliphatic carbocycles. The van der Waals surface area contributed by atoms with Crippen LogP contribution in [0, 0.1) is 0 Å². The molecule has 0 heterocycles. The first-order valence-corrected chi connectivity index (χ1v) is 18.0. The molecule has 0 aliphatic heterocycles.